The second kappa shape index (κ2) is 4.85. The van der Waals surface area contributed by atoms with E-state index in [1.807, 2.05) is 0 Å². The fourth-order valence-corrected chi connectivity index (χ4v) is 2.75. The Labute approximate surface area is 90.3 Å². The zero-order valence-corrected chi connectivity index (χ0v) is 9.44. The van der Waals surface area contributed by atoms with Crippen molar-refractivity contribution in [1.82, 2.24) is 5.32 Å². The maximum atomic E-state index is 3.30. The monoisotopic (exact) mass is 207 g/mol. The second-order valence-corrected chi connectivity index (χ2v) is 5.30. The molecule has 1 heterocycles. The Hall–Kier alpha value is -0.470. The zero-order valence-electron chi connectivity index (χ0n) is 8.62. The largest absolute Gasteiger partial charge is 0.314 e. The van der Waals surface area contributed by atoms with Crippen LogP contribution in [0.3, 0.4) is 0 Å². The fraction of sp³-hybridized carbons (Fsp3) is 0.500. The van der Waals surface area contributed by atoms with E-state index < -0.39 is 0 Å². The number of hydrogen-bond donors (Lipinski definition) is 1. The smallest absolute Gasteiger partial charge is 0.0297 e. The van der Waals surface area contributed by atoms with Crippen LogP contribution in [0.25, 0.3) is 0 Å². The SMILES string of the molecule is Cc1cccc(CCSC2CNC2)c1. The molecule has 1 aromatic carbocycles. The van der Waals surface area contributed by atoms with E-state index in [9.17, 15) is 0 Å². The third kappa shape index (κ3) is 2.76. The number of rotatable bonds is 4. The first-order valence-corrected chi connectivity index (χ1v) is 6.27. The van der Waals surface area contributed by atoms with E-state index in [4.69, 9.17) is 0 Å². The summed E-state index contributed by atoms with van der Waals surface area (Å²) in [6.45, 7) is 4.57. The summed E-state index contributed by atoms with van der Waals surface area (Å²) in [5.74, 6) is 1.26. The predicted molar refractivity (Wildman–Crippen MR) is 64.0 cm³/mol. The van der Waals surface area contributed by atoms with E-state index in [-0.39, 0.29) is 0 Å². The van der Waals surface area contributed by atoms with Gasteiger partial charge in [0.2, 0.25) is 0 Å². The average molecular weight is 207 g/mol. The molecule has 1 aliphatic heterocycles. The van der Waals surface area contributed by atoms with E-state index >= 15 is 0 Å². The van der Waals surface area contributed by atoms with Gasteiger partial charge in [-0.05, 0) is 24.7 Å². The first-order valence-electron chi connectivity index (χ1n) is 5.22. The van der Waals surface area contributed by atoms with Gasteiger partial charge in [0, 0.05) is 18.3 Å². The van der Waals surface area contributed by atoms with Crippen molar-refractivity contribution in [2.24, 2.45) is 0 Å². The number of thioether (sulfide) groups is 1. The summed E-state index contributed by atoms with van der Waals surface area (Å²) in [5, 5.41) is 4.17. The topological polar surface area (TPSA) is 12.0 Å². The highest BCUT2D eigenvalue weighted by atomic mass is 32.2. The Balaban J connectivity index is 1.74. The standard InChI is InChI=1S/C12H17NS/c1-10-3-2-4-11(7-10)5-6-14-12-8-13-9-12/h2-4,7,12-13H,5-6,8-9H2,1H3. The maximum Gasteiger partial charge on any atom is 0.0297 e. The number of hydrogen-bond acceptors (Lipinski definition) is 2. The molecule has 0 saturated carbocycles. The summed E-state index contributed by atoms with van der Waals surface area (Å²) < 4.78 is 0. The van der Waals surface area contributed by atoms with E-state index in [0.717, 1.165) is 5.25 Å². The lowest BCUT2D eigenvalue weighted by Gasteiger charge is -2.26. The van der Waals surface area contributed by atoms with Crippen molar-refractivity contribution in [3.8, 4) is 0 Å². The van der Waals surface area contributed by atoms with Crippen LogP contribution in [0.2, 0.25) is 0 Å². The molecule has 76 valence electrons. The molecule has 0 amide bonds. The number of aryl methyl sites for hydroxylation is 2. The van der Waals surface area contributed by atoms with Gasteiger partial charge in [0.05, 0.1) is 0 Å². The molecule has 1 aromatic rings. The lowest BCUT2D eigenvalue weighted by Crippen LogP contribution is -2.44. The van der Waals surface area contributed by atoms with Crippen molar-refractivity contribution in [3.63, 3.8) is 0 Å². The van der Waals surface area contributed by atoms with E-state index in [1.165, 1.54) is 36.4 Å². The van der Waals surface area contributed by atoms with Crippen LogP contribution in [0.1, 0.15) is 11.1 Å². The quantitative estimate of drug-likeness (QED) is 0.812. The van der Waals surface area contributed by atoms with Gasteiger partial charge in [-0.25, -0.2) is 0 Å². The Bertz CT molecular complexity index is 294. The summed E-state index contributed by atoms with van der Waals surface area (Å²) in [5.41, 5.74) is 2.85. The summed E-state index contributed by atoms with van der Waals surface area (Å²) in [4.78, 5) is 0. The molecule has 2 heteroatoms. The molecule has 0 aromatic heterocycles. The van der Waals surface area contributed by atoms with Crippen LogP contribution in [0, 0.1) is 6.92 Å². The lowest BCUT2D eigenvalue weighted by atomic mass is 10.1. The minimum Gasteiger partial charge on any atom is -0.314 e. The van der Waals surface area contributed by atoms with Crippen LogP contribution < -0.4 is 5.32 Å². The third-order valence-electron chi connectivity index (χ3n) is 2.57. The molecular weight excluding hydrogens is 190 g/mol. The van der Waals surface area contributed by atoms with Crippen LogP contribution in [0.15, 0.2) is 24.3 Å². The van der Waals surface area contributed by atoms with Crippen LogP contribution in [0.4, 0.5) is 0 Å². The zero-order chi connectivity index (χ0) is 9.80. The highest BCUT2D eigenvalue weighted by molar-refractivity contribution is 8.00. The third-order valence-corrected chi connectivity index (χ3v) is 3.82. The minimum absolute atomic E-state index is 0.875. The first kappa shape index (κ1) is 10.1. The van der Waals surface area contributed by atoms with Crippen molar-refractivity contribution in [3.05, 3.63) is 35.4 Å². The van der Waals surface area contributed by atoms with Crippen molar-refractivity contribution in [2.45, 2.75) is 18.6 Å². The molecule has 0 aliphatic carbocycles. The molecule has 1 N–H and O–H groups in total. The molecule has 0 bridgehead atoms. The Kier molecular flexibility index (Phi) is 3.49. The molecule has 2 rings (SSSR count). The van der Waals surface area contributed by atoms with Crippen molar-refractivity contribution in [2.75, 3.05) is 18.8 Å². The van der Waals surface area contributed by atoms with Gasteiger partial charge in [0.25, 0.3) is 0 Å². The lowest BCUT2D eigenvalue weighted by molar-refractivity contribution is 0.543. The summed E-state index contributed by atoms with van der Waals surface area (Å²) in [6.07, 6.45) is 1.21. The van der Waals surface area contributed by atoms with Gasteiger partial charge in [0.15, 0.2) is 0 Å². The molecule has 1 nitrogen and oxygen atoms in total. The molecule has 0 radical (unpaired) electrons. The molecule has 14 heavy (non-hydrogen) atoms. The molecule has 1 aliphatic rings. The van der Waals surface area contributed by atoms with Crippen LogP contribution in [0.5, 0.6) is 0 Å². The molecule has 1 fully saturated rings. The van der Waals surface area contributed by atoms with Gasteiger partial charge in [-0.15, -0.1) is 0 Å². The average Bonchev–Trinajstić information content (AvgIpc) is 2.09. The van der Waals surface area contributed by atoms with Crippen LogP contribution in [-0.2, 0) is 6.42 Å². The normalized spacial score (nSPS) is 16.6. The van der Waals surface area contributed by atoms with E-state index in [0.29, 0.717) is 0 Å². The first-order chi connectivity index (χ1) is 6.84. The Morgan fingerprint density at radius 2 is 2.29 bits per heavy atom. The Morgan fingerprint density at radius 3 is 2.93 bits per heavy atom. The van der Waals surface area contributed by atoms with Gasteiger partial charge < -0.3 is 5.32 Å². The summed E-state index contributed by atoms with van der Waals surface area (Å²) >= 11 is 2.10. The van der Waals surface area contributed by atoms with Crippen LogP contribution >= 0.6 is 11.8 Å². The van der Waals surface area contributed by atoms with E-state index in [2.05, 4.69) is 48.3 Å². The molecular formula is C12H17NS. The molecule has 1 saturated heterocycles. The van der Waals surface area contributed by atoms with Gasteiger partial charge in [0.1, 0.15) is 0 Å². The second-order valence-electron chi connectivity index (χ2n) is 3.89. The predicted octanol–water partition coefficient (Wildman–Crippen LogP) is 2.24. The fourth-order valence-electron chi connectivity index (χ4n) is 1.59. The molecule has 0 atom stereocenters. The van der Waals surface area contributed by atoms with Crippen molar-refractivity contribution >= 4 is 11.8 Å². The minimum atomic E-state index is 0.875. The highest BCUT2D eigenvalue weighted by Gasteiger charge is 2.15. The van der Waals surface area contributed by atoms with Gasteiger partial charge >= 0.3 is 0 Å². The van der Waals surface area contributed by atoms with Crippen LogP contribution in [-0.4, -0.2) is 24.1 Å². The van der Waals surface area contributed by atoms with Gasteiger partial charge in [-0.1, -0.05) is 29.8 Å². The van der Waals surface area contributed by atoms with Gasteiger partial charge in [-0.2, -0.15) is 11.8 Å². The van der Waals surface area contributed by atoms with Crippen molar-refractivity contribution < 1.29 is 0 Å². The summed E-state index contributed by atoms with van der Waals surface area (Å²) in [7, 11) is 0. The number of benzene rings is 1. The van der Waals surface area contributed by atoms with E-state index in [1.54, 1.807) is 0 Å². The maximum absolute atomic E-state index is 3.30. The van der Waals surface area contributed by atoms with Crippen molar-refractivity contribution in [1.29, 1.82) is 0 Å². The Morgan fingerprint density at radius 1 is 1.43 bits per heavy atom. The molecule has 0 unspecified atom stereocenters. The number of nitrogens with one attached hydrogen (secondary N) is 1. The van der Waals surface area contributed by atoms with Gasteiger partial charge in [-0.3, -0.25) is 0 Å². The molecule has 0 spiro atoms. The highest BCUT2D eigenvalue weighted by Crippen LogP contribution is 2.16. The summed E-state index contributed by atoms with van der Waals surface area (Å²) in [6, 6.07) is 8.83.